The summed E-state index contributed by atoms with van der Waals surface area (Å²) in [5.41, 5.74) is 6.53. The van der Waals surface area contributed by atoms with Crippen molar-refractivity contribution in [1.29, 1.82) is 0 Å². The van der Waals surface area contributed by atoms with Crippen LogP contribution in [-0.4, -0.2) is 53.6 Å². The van der Waals surface area contributed by atoms with Crippen molar-refractivity contribution in [3.05, 3.63) is 0 Å². The molecule has 3 rings (SSSR count). The fraction of sp³-hybridized carbons (Fsp3) is 1.00. The van der Waals surface area contributed by atoms with Gasteiger partial charge in [0.25, 0.3) is 0 Å². The van der Waals surface area contributed by atoms with Crippen LogP contribution in [0.25, 0.3) is 0 Å². The van der Waals surface area contributed by atoms with E-state index in [1.165, 1.54) is 51.7 Å². The summed E-state index contributed by atoms with van der Waals surface area (Å²) < 4.78 is 0. The molecule has 0 amide bonds. The van der Waals surface area contributed by atoms with Crippen LogP contribution < -0.4 is 5.73 Å². The lowest BCUT2D eigenvalue weighted by Gasteiger charge is -2.41. The number of hydrogen-bond donors (Lipinski definition) is 1. The molecule has 3 nitrogen and oxygen atoms in total. The zero-order valence-electron chi connectivity index (χ0n) is 12.1. The van der Waals surface area contributed by atoms with Crippen molar-refractivity contribution >= 4 is 0 Å². The number of nitrogens with two attached hydrogens (primary N) is 1. The third-order valence-corrected chi connectivity index (χ3v) is 5.22. The van der Waals surface area contributed by atoms with Crippen LogP contribution in [0.2, 0.25) is 0 Å². The molecule has 1 aliphatic heterocycles. The quantitative estimate of drug-likeness (QED) is 0.779. The Morgan fingerprint density at radius 1 is 1.28 bits per heavy atom. The van der Waals surface area contributed by atoms with Gasteiger partial charge in [0, 0.05) is 43.8 Å². The van der Waals surface area contributed by atoms with E-state index in [1.807, 2.05) is 0 Å². The van der Waals surface area contributed by atoms with Gasteiger partial charge in [-0.3, -0.25) is 9.80 Å². The summed E-state index contributed by atoms with van der Waals surface area (Å²) in [6.45, 7) is 9.24. The topological polar surface area (TPSA) is 32.5 Å². The summed E-state index contributed by atoms with van der Waals surface area (Å²) in [5, 5.41) is 0. The van der Waals surface area contributed by atoms with Crippen molar-refractivity contribution in [2.75, 3.05) is 26.2 Å². The Balaban J connectivity index is 1.72. The molecule has 0 aromatic rings. The van der Waals surface area contributed by atoms with E-state index >= 15 is 0 Å². The molecule has 104 valence electrons. The normalized spacial score (nSPS) is 33.8. The summed E-state index contributed by atoms with van der Waals surface area (Å²) in [6, 6.07) is 1.53. The van der Waals surface area contributed by atoms with Gasteiger partial charge < -0.3 is 5.73 Å². The largest absolute Gasteiger partial charge is 0.329 e. The maximum Gasteiger partial charge on any atom is 0.0473 e. The zero-order chi connectivity index (χ0) is 12.8. The van der Waals surface area contributed by atoms with E-state index in [9.17, 15) is 0 Å². The zero-order valence-corrected chi connectivity index (χ0v) is 12.1. The van der Waals surface area contributed by atoms with Crippen LogP contribution in [0.4, 0.5) is 0 Å². The molecule has 0 radical (unpaired) electrons. The highest BCUT2D eigenvalue weighted by atomic mass is 15.3. The highest BCUT2D eigenvalue weighted by Crippen LogP contribution is 2.41. The monoisotopic (exact) mass is 251 g/mol. The molecule has 0 aromatic heterocycles. The second kappa shape index (κ2) is 4.77. The summed E-state index contributed by atoms with van der Waals surface area (Å²) in [4.78, 5) is 5.45. The van der Waals surface area contributed by atoms with Crippen molar-refractivity contribution in [2.45, 2.75) is 63.6 Å². The number of likely N-dealkylation sites (tertiary alicyclic amines) is 1. The van der Waals surface area contributed by atoms with E-state index in [1.54, 1.807) is 0 Å². The minimum atomic E-state index is 0.300. The number of hydrogen-bond acceptors (Lipinski definition) is 3. The first-order valence-corrected chi connectivity index (χ1v) is 7.85. The van der Waals surface area contributed by atoms with Gasteiger partial charge in [-0.05, 0) is 51.9 Å². The van der Waals surface area contributed by atoms with Gasteiger partial charge in [-0.2, -0.15) is 0 Å². The lowest BCUT2D eigenvalue weighted by Crippen LogP contribution is -2.57. The highest BCUT2D eigenvalue weighted by molar-refractivity contribution is 5.06. The minimum Gasteiger partial charge on any atom is -0.329 e. The number of nitrogens with zero attached hydrogens (tertiary/aromatic N) is 2. The van der Waals surface area contributed by atoms with Gasteiger partial charge in [0.15, 0.2) is 0 Å². The van der Waals surface area contributed by atoms with Crippen molar-refractivity contribution in [2.24, 2.45) is 11.7 Å². The van der Waals surface area contributed by atoms with E-state index in [-0.39, 0.29) is 0 Å². The Morgan fingerprint density at radius 3 is 2.44 bits per heavy atom. The predicted molar refractivity (Wildman–Crippen MR) is 75.6 cm³/mol. The van der Waals surface area contributed by atoms with E-state index in [0.29, 0.717) is 11.6 Å². The Morgan fingerprint density at radius 2 is 2.00 bits per heavy atom. The molecule has 3 aliphatic rings. The van der Waals surface area contributed by atoms with E-state index in [2.05, 4.69) is 23.6 Å². The highest BCUT2D eigenvalue weighted by Gasteiger charge is 2.48. The minimum absolute atomic E-state index is 0.300. The van der Waals surface area contributed by atoms with Gasteiger partial charge in [0.1, 0.15) is 0 Å². The summed E-state index contributed by atoms with van der Waals surface area (Å²) >= 11 is 0. The molecule has 0 bridgehead atoms. The molecular weight excluding hydrogens is 222 g/mol. The maximum absolute atomic E-state index is 6.23. The molecule has 1 unspecified atom stereocenters. The Hall–Kier alpha value is -0.120. The molecule has 18 heavy (non-hydrogen) atoms. The SMILES string of the molecule is CC(C)N1CCC(CN)(N(CC2CC2)C2CC2)C1. The van der Waals surface area contributed by atoms with E-state index < -0.39 is 0 Å². The van der Waals surface area contributed by atoms with E-state index in [4.69, 9.17) is 5.73 Å². The average Bonchev–Trinajstić information content (AvgIpc) is 3.24. The van der Waals surface area contributed by atoms with Crippen molar-refractivity contribution in [3.63, 3.8) is 0 Å². The van der Waals surface area contributed by atoms with Gasteiger partial charge in [-0.15, -0.1) is 0 Å². The van der Waals surface area contributed by atoms with Crippen LogP contribution in [0, 0.1) is 5.92 Å². The Kier molecular flexibility index (Phi) is 3.41. The van der Waals surface area contributed by atoms with E-state index in [0.717, 1.165) is 18.5 Å². The second-order valence-electron chi connectivity index (χ2n) is 7.07. The summed E-state index contributed by atoms with van der Waals surface area (Å²) in [5.74, 6) is 0.988. The van der Waals surface area contributed by atoms with Gasteiger partial charge in [-0.25, -0.2) is 0 Å². The third-order valence-electron chi connectivity index (χ3n) is 5.22. The van der Waals surface area contributed by atoms with Crippen LogP contribution in [0.3, 0.4) is 0 Å². The lowest BCUT2D eigenvalue weighted by molar-refractivity contribution is 0.0803. The van der Waals surface area contributed by atoms with Crippen LogP contribution in [0.5, 0.6) is 0 Å². The van der Waals surface area contributed by atoms with Crippen molar-refractivity contribution < 1.29 is 0 Å². The van der Waals surface area contributed by atoms with Gasteiger partial charge in [0.2, 0.25) is 0 Å². The maximum atomic E-state index is 6.23. The van der Waals surface area contributed by atoms with Gasteiger partial charge >= 0.3 is 0 Å². The van der Waals surface area contributed by atoms with Crippen molar-refractivity contribution in [3.8, 4) is 0 Å². The Bertz CT molecular complexity index is 296. The van der Waals surface area contributed by atoms with Crippen LogP contribution >= 0.6 is 0 Å². The first-order chi connectivity index (χ1) is 8.64. The lowest BCUT2D eigenvalue weighted by atomic mass is 9.95. The van der Waals surface area contributed by atoms with Crippen LogP contribution in [0.1, 0.15) is 46.0 Å². The molecule has 3 fully saturated rings. The molecule has 2 aliphatic carbocycles. The predicted octanol–water partition coefficient (Wildman–Crippen LogP) is 1.67. The van der Waals surface area contributed by atoms with Crippen LogP contribution in [-0.2, 0) is 0 Å². The third kappa shape index (κ3) is 2.45. The second-order valence-corrected chi connectivity index (χ2v) is 7.07. The molecule has 0 aromatic carbocycles. The number of rotatable bonds is 6. The molecule has 3 heteroatoms. The molecular formula is C15H29N3. The molecule has 2 saturated carbocycles. The smallest absolute Gasteiger partial charge is 0.0473 e. The summed E-state index contributed by atoms with van der Waals surface area (Å²) in [7, 11) is 0. The molecule has 2 N–H and O–H groups in total. The Labute approximate surface area is 112 Å². The fourth-order valence-electron chi connectivity index (χ4n) is 3.54. The summed E-state index contributed by atoms with van der Waals surface area (Å²) in [6.07, 6.45) is 7.02. The molecule has 0 spiro atoms. The standard InChI is InChI=1S/C15H29N3/c1-12(2)17-8-7-15(10-16,11-17)18(14-5-6-14)9-13-3-4-13/h12-14H,3-11,16H2,1-2H3. The van der Waals surface area contributed by atoms with Gasteiger partial charge in [0.05, 0.1) is 0 Å². The van der Waals surface area contributed by atoms with Gasteiger partial charge in [-0.1, -0.05) is 0 Å². The molecule has 1 heterocycles. The van der Waals surface area contributed by atoms with Crippen molar-refractivity contribution in [1.82, 2.24) is 9.80 Å². The molecule has 1 saturated heterocycles. The average molecular weight is 251 g/mol. The van der Waals surface area contributed by atoms with Crippen LogP contribution in [0.15, 0.2) is 0 Å². The first kappa shape index (κ1) is 12.9. The fourth-order valence-corrected chi connectivity index (χ4v) is 3.54. The first-order valence-electron chi connectivity index (χ1n) is 7.85. The molecule has 1 atom stereocenters.